The Morgan fingerprint density at radius 2 is 1.69 bits per heavy atom. The van der Waals surface area contributed by atoms with Gasteiger partial charge in [0.2, 0.25) is 0 Å². The average molecular weight is 496 g/mol. The van der Waals surface area contributed by atoms with Crippen LogP contribution in [0, 0.1) is 12.8 Å². The SMILES string of the molecule is Cc1cc(Cl)cc2c1SCC1C2Nc2ccc(C(O)(C(F)(F)F)C(F)(F)F)cc2C1(C)C. The molecule has 2 aliphatic rings. The van der Waals surface area contributed by atoms with E-state index in [2.05, 4.69) is 5.32 Å². The molecule has 0 aromatic heterocycles. The number of benzene rings is 2. The summed E-state index contributed by atoms with van der Waals surface area (Å²) in [4.78, 5) is 1.07. The smallest absolute Gasteiger partial charge is 0.378 e. The summed E-state index contributed by atoms with van der Waals surface area (Å²) >= 11 is 7.86. The third-order valence-corrected chi connectivity index (χ3v) is 8.19. The van der Waals surface area contributed by atoms with Gasteiger partial charge < -0.3 is 10.4 Å². The van der Waals surface area contributed by atoms with Crippen LogP contribution in [0.2, 0.25) is 5.02 Å². The Morgan fingerprint density at radius 3 is 2.28 bits per heavy atom. The summed E-state index contributed by atoms with van der Waals surface area (Å²) in [5.74, 6) is 0.484. The second kappa shape index (κ2) is 7.21. The van der Waals surface area contributed by atoms with Gasteiger partial charge >= 0.3 is 12.4 Å². The van der Waals surface area contributed by atoms with Crippen molar-refractivity contribution in [3.63, 3.8) is 0 Å². The molecule has 0 radical (unpaired) electrons. The number of aliphatic hydroxyl groups is 1. The van der Waals surface area contributed by atoms with Crippen molar-refractivity contribution in [3.8, 4) is 0 Å². The lowest BCUT2D eigenvalue weighted by molar-refractivity contribution is -0.376. The lowest BCUT2D eigenvalue weighted by Crippen LogP contribution is -2.54. The summed E-state index contributed by atoms with van der Waals surface area (Å²) in [7, 11) is 0. The fraction of sp³-hybridized carbons (Fsp3) is 0.455. The highest BCUT2D eigenvalue weighted by molar-refractivity contribution is 7.99. The first-order valence-corrected chi connectivity index (χ1v) is 11.2. The van der Waals surface area contributed by atoms with Gasteiger partial charge in [0.1, 0.15) is 0 Å². The molecule has 2 unspecified atom stereocenters. The molecule has 32 heavy (non-hydrogen) atoms. The van der Waals surface area contributed by atoms with Crippen molar-refractivity contribution < 1.29 is 31.4 Å². The van der Waals surface area contributed by atoms with Crippen LogP contribution in [0.5, 0.6) is 0 Å². The van der Waals surface area contributed by atoms with Gasteiger partial charge in [-0.3, -0.25) is 0 Å². The van der Waals surface area contributed by atoms with Gasteiger partial charge in [0.25, 0.3) is 5.60 Å². The first kappa shape index (κ1) is 23.6. The number of rotatable bonds is 1. The summed E-state index contributed by atoms with van der Waals surface area (Å²) in [6, 6.07) is 6.21. The molecule has 2 aromatic carbocycles. The van der Waals surface area contributed by atoms with Gasteiger partial charge in [-0.1, -0.05) is 31.5 Å². The zero-order valence-electron chi connectivity index (χ0n) is 17.2. The molecular weight excluding hydrogens is 476 g/mol. The van der Waals surface area contributed by atoms with Crippen LogP contribution < -0.4 is 5.32 Å². The molecule has 0 aliphatic carbocycles. The van der Waals surface area contributed by atoms with Crippen LogP contribution in [-0.2, 0) is 11.0 Å². The Morgan fingerprint density at radius 1 is 1.06 bits per heavy atom. The molecule has 0 fully saturated rings. The van der Waals surface area contributed by atoms with E-state index in [4.69, 9.17) is 11.6 Å². The molecule has 2 atom stereocenters. The zero-order valence-corrected chi connectivity index (χ0v) is 18.8. The predicted molar refractivity (Wildman–Crippen MR) is 112 cm³/mol. The molecule has 0 amide bonds. The third kappa shape index (κ3) is 3.30. The zero-order chi connectivity index (χ0) is 23.9. The van der Waals surface area contributed by atoms with Crippen LogP contribution >= 0.6 is 23.4 Å². The second-order valence-electron chi connectivity index (χ2n) is 8.87. The van der Waals surface area contributed by atoms with E-state index < -0.39 is 28.9 Å². The maximum Gasteiger partial charge on any atom is 0.430 e. The van der Waals surface area contributed by atoms with E-state index in [9.17, 15) is 31.4 Å². The van der Waals surface area contributed by atoms with Crippen molar-refractivity contribution in [2.75, 3.05) is 11.1 Å². The number of aryl methyl sites for hydroxylation is 1. The highest BCUT2D eigenvalue weighted by Gasteiger charge is 2.71. The van der Waals surface area contributed by atoms with Gasteiger partial charge in [0.15, 0.2) is 0 Å². The molecule has 2 heterocycles. The number of hydrogen-bond donors (Lipinski definition) is 2. The number of nitrogens with one attached hydrogen (secondary N) is 1. The Labute approximate surface area is 190 Å². The van der Waals surface area contributed by atoms with Crippen LogP contribution in [0.4, 0.5) is 32.0 Å². The van der Waals surface area contributed by atoms with Crippen LogP contribution in [0.3, 0.4) is 0 Å². The fourth-order valence-corrected chi connectivity index (χ4v) is 6.63. The number of anilines is 1. The van der Waals surface area contributed by atoms with E-state index in [1.54, 1.807) is 25.6 Å². The lowest BCUT2D eigenvalue weighted by atomic mass is 9.65. The summed E-state index contributed by atoms with van der Waals surface area (Å²) in [6.45, 7) is 5.55. The van der Waals surface area contributed by atoms with Crippen molar-refractivity contribution in [1.82, 2.24) is 0 Å². The molecule has 10 heteroatoms. The van der Waals surface area contributed by atoms with Crippen molar-refractivity contribution in [1.29, 1.82) is 0 Å². The van der Waals surface area contributed by atoms with E-state index in [0.29, 0.717) is 28.1 Å². The number of fused-ring (bicyclic) bond motifs is 4. The van der Waals surface area contributed by atoms with E-state index in [-0.39, 0.29) is 12.0 Å². The Hall–Kier alpha value is -1.58. The largest absolute Gasteiger partial charge is 0.430 e. The molecular formula is C22H20ClF6NOS. The second-order valence-corrected chi connectivity index (χ2v) is 10.3. The van der Waals surface area contributed by atoms with Crippen LogP contribution in [-0.4, -0.2) is 23.2 Å². The highest BCUT2D eigenvalue weighted by Crippen LogP contribution is 2.57. The number of halogens is 7. The van der Waals surface area contributed by atoms with E-state index in [0.717, 1.165) is 22.1 Å². The minimum atomic E-state index is -5.93. The van der Waals surface area contributed by atoms with Crippen LogP contribution in [0.25, 0.3) is 0 Å². The molecule has 2 aliphatic heterocycles. The topological polar surface area (TPSA) is 32.3 Å². The maximum absolute atomic E-state index is 13.4. The molecule has 0 spiro atoms. The first-order chi connectivity index (χ1) is 14.6. The molecule has 2 nitrogen and oxygen atoms in total. The number of thioether (sulfide) groups is 1. The predicted octanol–water partition coefficient (Wildman–Crippen LogP) is 7.13. The number of alkyl halides is 6. The molecule has 0 bridgehead atoms. The standard InChI is InChI=1S/C22H20ClF6NOS/c1-10-6-12(23)8-13-17-15(9-32-18(10)13)19(2,3)14-7-11(4-5-16(14)30-17)20(31,21(24,25)26)22(27,28)29/h4-8,15,17,30-31H,9H2,1-3H3. The fourth-order valence-electron chi connectivity index (χ4n) is 4.76. The van der Waals surface area contributed by atoms with Crippen molar-refractivity contribution >= 4 is 29.1 Å². The minimum Gasteiger partial charge on any atom is -0.378 e. The molecule has 2 aromatic rings. The van der Waals surface area contributed by atoms with Gasteiger partial charge in [0.05, 0.1) is 6.04 Å². The van der Waals surface area contributed by atoms with Gasteiger partial charge in [-0.15, -0.1) is 11.8 Å². The summed E-state index contributed by atoms with van der Waals surface area (Å²) < 4.78 is 80.5. The molecule has 2 N–H and O–H groups in total. The van der Waals surface area contributed by atoms with Crippen LogP contribution in [0.15, 0.2) is 35.2 Å². The van der Waals surface area contributed by atoms with Crippen LogP contribution in [0.1, 0.15) is 42.1 Å². The Kier molecular flexibility index (Phi) is 5.31. The first-order valence-electron chi connectivity index (χ1n) is 9.79. The quantitative estimate of drug-likeness (QED) is 0.413. The molecule has 4 rings (SSSR count). The number of hydrogen-bond acceptors (Lipinski definition) is 3. The van der Waals surface area contributed by atoms with Gasteiger partial charge in [0, 0.05) is 32.8 Å². The summed E-state index contributed by atoms with van der Waals surface area (Å²) in [5.41, 5.74) is -4.28. The monoisotopic (exact) mass is 495 g/mol. The Bertz CT molecular complexity index is 1070. The summed E-state index contributed by atoms with van der Waals surface area (Å²) in [5, 5.41) is 13.7. The lowest BCUT2D eigenvalue weighted by Gasteiger charge is -2.49. The van der Waals surface area contributed by atoms with Gasteiger partial charge in [-0.05, 0) is 53.3 Å². The molecule has 0 saturated heterocycles. The normalized spacial score (nSPS) is 22.5. The molecule has 0 saturated carbocycles. The third-order valence-electron chi connectivity index (χ3n) is 6.60. The molecule has 174 valence electrons. The van der Waals surface area contributed by atoms with E-state index in [1.165, 1.54) is 6.07 Å². The average Bonchev–Trinajstić information content (AvgIpc) is 2.65. The highest BCUT2D eigenvalue weighted by atomic mass is 35.5. The van der Waals surface area contributed by atoms with E-state index in [1.807, 2.05) is 19.1 Å². The Balaban J connectivity index is 1.86. The van der Waals surface area contributed by atoms with Crippen molar-refractivity contribution in [2.24, 2.45) is 5.92 Å². The van der Waals surface area contributed by atoms with Gasteiger partial charge in [-0.25, -0.2) is 0 Å². The maximum atomic E-state index is 13.4. The van der Waals surface area contributed by atoms with Gasteiger partial charge in [-0.2, -0.15) is 26.3 Å². The minimum absolute atomic E-state index is 0.134. The van der Waals surface area contributed by atoms with Crippen molar-refractivity contribution in [2.45, 2.75) is 55.1 Å². The summed E-state index contributed by atoms with van der Waals surface area (Å²) in [6.07, 6.45) is -11.9. The van der Waals surface area contributed by atoms with E-state index >= 15 is 0 Å². The van der Waals surface area contributed by atoms with Crippen molar-refractivity contribution in [3.05, 3.63) is 57.6 Å².